The molecule has 2 heteroatoms. The van der Waals surface area contributed by atoms with Crippen LogP contribution in [0.1, 0.15) is 12.0 Å². The van der Waals surface area contributed by atoms with E-state index in [2.05, 4.69) is 104 Å². The average Bonchev–Trinajstić information content (AvgIpc) is 3.22. The van der Waals surface area contributed by atoms with Crippen LogP contribution < -0.4 is 0 Å². The first-order valence-electron chi connectivity index (χ1n) is 10.6. The minimum Gasteiger partial charge on any atom is -0.198 e. The molecule has 0 atom stereocenters. The van der Waals surface area contributed by atoms with Gasteiger partial charge in [0.25, 0.3) is 0 Å². The van der Waals surface area contributed by atoms with E-state index in [4.69, 9.17) is 5.26 Å². The van der Waals surface area contributed by atoms with E-state index in [9.17, 15) is 0 Å². The van der Waals surface area contributed by atoms with Gasteiger partial charge in [0.1, 0.15) is 0 Å². The van der Waals surface area contributed by atoms with E-state index in [1.807, 2.05) is 23.5 Å². The molecule has 1 nitrogen and oxygen atoms in total. The number of hydrogen-bond acceptors (Lipinski definition) is 2. The average molecular weight is 428 g/mol. The summed E-state index contributed by atoms with van der Waals surface area (Å²) in [6.07, 6.45) is 4.15. The second kappa shape index (κ2) is 8.67. The van der Waals surface area contributed by atoms with Gasteiger partial charge in [0.2, 0.25) is 0 Å². The lowest BCUT2D eigenvalue weighted by Gasteiger charge is -2.05. The molecule has 5 rings (SSSR count). The molecule has 0 aliphatic rings. The van der Waals surface area contributed by atoms with Crippen LogP contribution in [-0.2, 0) is 0 Å². The molecular weight excluding hydrogens is 406 g/mol. The summed E-state index contributed by atoms with van der Waals surface area (Å²) in [5, 5.41) is 11.3. The monoisotopic (exact) mass is 427 g/mol. The van der Waals surface area contributed by atoms with Crippen LogP contribution in [0.3, 0.4) is 0 Å². The summed E-state index contributed by atoms with van der Waals surface area (Å²) in [5.41, 5.74) is 6.89. The summed E-state index contributed by atoms with van der Waals surface area (Å²) < 4.78 is 2.62. The van der Waals surface area contributed by atoms with E-state index >= 15 is 0 Å². The fourth-order valence-corrected chi connectivity index (χ4v) is 5.18. The van der Waals surface area contributed by atoms with E-state index < -0.39 is 0 Å². The minimum absolute atomic E-state index is 0.402. The quantitative estimate of drug-likeness (QED) is 0.257. The Balaban J connectivity index is 1.47. The SMILES string of the molecule is C=C(/C=C\CC#N)c1ccc(-c2ccc3c(c2)sc2cc(-c4ccccc4)ccc23)cc1. The van der Waals surface area contributed by atoms with E-state index in [-0.39, 0.29) is 0 Å². The zero-order valence-corrected chi connectivity index (χ0v) is 18.4. The molecular formula is C30H21NS. The van der Waals surface area contributed by atoms with Crippen molar-refractivity contribution in [1.29, 1.82) is 5.26 Å². The van der Waals surface area contributed by atoms with E-state index in [0.717, 1.165) is 11.1 Å². The molecule has 0 aliphatic carbocycles. The van der Waals surface area contributed by atoms with Gasteiger partial charge >= 0.3 is 0 Å². The van der Waals surface area contributed by atoms with Crippen molar-refractivity contribution in [2.75, 3.05) is 0 Å². The molecule has 1 aromatic heterocycles. The van der Waals surface area contributed by atoms with Gasteiger partial charge in [0, 0.05) is 20.2 Å². The Morgan fingerprint density at radius 1 is 0.750 bits per heavy atom. The van der Waals surface area contributed by atoms with Gasteiger partial charge in [-0.1, -0.05) is 97.6 Å². The van der Waals surface area contributed by atoms with Gasteiger partial charge in [-0.15, -0.1) is 11.3 Å². The summed E-state index contributed by atoms with van der Waals surface area (Å²) in [6.45, 7) is 4.10. The summed E-state index contributed by atoms with van der Waals surface area (Å²) in [5.74, 6) is 0. The van der Waals surface area contributed by atoms with Gasteiger partial charge < -0.3 is 0 Å². The third-order valence-corrected chi connectivity index (χ3v) is 6.81. The number of allylic oxidation sites excluding steroid dienone is 3. The highest BCUT2D eigenvalue weighted by molar-refractivity contribution is 7.25. The van der Waals surface area contributed by atoms with Crippen LogP contribution in [0.25, 0.3) is 48.0 Å². The Bertz CT molecular complexity index is 1500. The predicted octanol–water partition coefficient (Wildman–Crippen LogP) is 8.87. The van der Waals surface area contributed by atoms with Crippen molar-refractivity contribution in [1.82, 2.24) is 0 Å². The molecule has 0 spiro atoms. The molecule has 0 bridgehead atoms. The first-order valence-corrected chi connectivity index (χ1v) is 11.4. The van der Waals surface area contributed by atoms with Crippen LogP contribution in [-0.4, -0.2) is 0 Å². The molecule has 0 saturated carbocycles. The van der Waals surface area contributed by atoms with Crippen LogP contribution in [0.5, 0.6) is 0 Å². The van der Waals surface area contributed by atoms with Gasteiger partial charge in [-0.25, -0.2) is 0 Å². The second-order valence-electron chi connectivity index (χ2n) is 7.76. The fraction of sp³-hybridized carbons (Fsp3) is 0.0333. The lowest BCUT2D eigenvalue weighted by molar-refractivity contribution is 1.35. The summed E-state index contributed by atoms with van der Waals surface area (Å²) in [7, 11) is 0. The van der Waals surface area contributed by atoms with E-state index in [1.165, 1.54) is 42.4 Å². The molecule has 4 aromatic carbocycles. The second-order valence-corrected chi connectivity index (χ2v) is 8.84. The van der Waals surface area contributed by atoms with Gasteiger partial charge in [0.05, 0.1) is 12.5 Å². The number of nitrogens with zero attached hydrogens (tertiary/aromatic N) is 1. The third kappa shape index (κ3) is 3.87. The molecule has 0 fully saturated rings. The van der Waals surface area contributed by atoms with Crippen molar-refractivity contribution in [3.05, 3.63) is 115 Å². The number of nitriles is 1. The van der Waals surface area contributed by atoms with Crippen molar-refractivity contribution < 1.29 is 0 Å². The van der Waals surface area contributed by atoms with Crippen LogP contribution in [0.15, 0.2) is 110 Å². The maximum atomic E-state index is 8.67. The Morgan fingerprint density at radius 3 is 1.91 bits per heavy atom. The van der Waals surface area contributed by atoms with Crippen LogP contribution in [0.4, 0.5) is 0 Å². The number of benzene rings is 4. The van der Waals surface area contributed by atoms with Gasteiger partial charge in [-0.3, -0.25) is 0 Å². The zero-order chi connectivity index (χ0) is 21.9. The van der Waals surface area contributed by atoms with Gasteiger partial charge in [-0.05, 0) is 45.5 Å². The van der Waals surface area contributed by atoms with Gasteiger partial charge in [-0.2, -0.15) is 5.26 Å². The highest BCUT2D eigenvalue weighted by Crippen LogP contribution is 2.38. The molecule has 0 N–H and O–H groups in total. The highest BCUT2D eigenvalue weighted by Gasteiger charge is 2.09. The maximum absolute atomic E-state index is 8.67. The minimum atomic E-state index is 0.402. The number of rotatable bonds is 5. The molecule has 1 heterocycles. The summed E-state index contributed by atoms with van der Waals surface area (Å²) >= 11 is 1.85. The largest absolute Gasteiger partial charge is 0.198 e. The Labute approximate surface area is 192 Å². The molecule has 152 valence electrons. The maximum Gasteiger partial charge on any atom is 0.0663 e. The normalized spacial score (nSPS) is 11.2. The molecule has 32 heavy (non-hydrogen) atoms. The van der Waals surface area contributed by atoms with Crippen molar-refractivity contribution in [3.63, 3.8) is 0 Å². The highest BCUT2D eigenvalue weighted by atomic mass is 32.1. The van der Waals surface area contributed by atoms with Gasteiger partial charge in [0.15, 0.2) is 0 Å². The number of fused-ring (bicyclic) bond motifs is 3. The molecule has 0 radical (unpaired) electrons. The first-order chi connectivity index (χ1) is 15.7. The molecule has 0 aliphatic heterocycles. The van der Waals surface area contributed by atoms with E-state index in [1.54, 1.807) is 0 Å². The molecule has 5 aromatic rings. The van der Waals surface area contributed by atoms with Crippen molar-refractivity contribution >= 4 is 37.1 Å². The van der Waals surface area contributed by atoms with E-state index in [0.29, 0.717) is 6.42 Å². The smallest absolute Gasteiger partial charge is 0.0663 e. The zero-order valence-electron chi connectivity index (χ0n) is 17.6. The lowest BCUT2D eigenvalue weighted by atomic mass is 9.99. The standard InChI is InChI=1S/C30H21NS/c1-21(7-5-6-18-31)22-10-12-24(13-11-22)26-15-17-28-27-16-14-25(23-8-3-2-4-9-23)19-29(27)32-30(28)20-26/h2-5,7-17,19-20H,1,6H2/b7-5-. The lowest BCUT2D eigenvalue weighted by Crippen LogP contribution is -1.82. The van der Waals surface area contributed by atoms with Crippen molar-refractivity contribution in [3.8, 4) is 28.3 Å². The molecule has 0 unspecified atom stereocenters. The third-order valence-electron chi connectivity index (χ3n) is 5.70. The topological polar surface area (TPSA) is 23.8 Å². The fourth-order valence-electron chi connectivity index (χ4n) is 3.99. The van der Waals surface area contributed by atoms with Crippen molar-refractivity contribution in [2.24, 2.45) is 0 Å². The van der Waals surface area contributed by atoms with Crippen molar-refractivity contribution in [2.45, 2.75) is 6.42 Å². The molecule has 0 saturated heterocycles. The Hall–Kier alpha value is -3.93. The van der Waals surface area contributed by atoms with Crippen LogP contribution >= 0.6 is 11.3 Å². The van der Waals surface area contributed by atoms with Crippen LogP contribution in [0, 0.1) is 11.3 Å². The number of hydrogen-bond donors (Lipinski definition) is 0. The first kappa shape index (κ1) is 20.0. The Morgan fingerprint density at radius 2 is 1.31 bits per heavy atom. The molecule has 0 amide bonds. The predicted molar refractivity (Wildman–Crippen MR) is 139 cm³/mol. The summed E-state index contributed by atoms with van der Waals surface area (Å²) in [4.78, 5) is 0. The summed E-state index contributed by atoms with van der Waals surface area (Å²) in [6, 6.07) is 34.6. The number of thiophene rings is 1. The van der Waals surface area contributed by atoms with Crippen LogP contribution in [0.2, 0.25) is 0 Å². The Kier molecular flexibility index (Phi) is 5.42.